The second-order valence-electron chi connectivity index (χ2n) is 2.32. The molecule has 0 aliphatic rings. The average Bonchev–Trinajstić information content (AvgIpc) is 1.92. The van der Waals surface area contributed by atoms with Crippen molar-refractivity contribution in [1.82, 2.24) is 0 Å². The molecule has 14 heavy (non-hydrogen) atoms. The van der Waals surface area contributed by atoms with Crippen LogP contribution in [0.1, 0.15) is 5.56 Å². The van der Waals surface area contributed by atoms with Crippen LogP contribution in [0.25, 0.3) is 0 Å². The van der Waals surface area contributed by atoms with E-state index in [1.54, 1.807) is 0 Å². The van der Waals surface area contributed by atoms with Crippen LogP contribution in [0.3, 0.4) is 0 Å². The normalized spacial score (nSPS) is 9.36. The fourth-order valence-corrected chi connectivity index (χ4v) is 0.783. The number of hydrogen-bond acceptors (Lipinski definition) is 2. The molecule has 6 heteroatoms. The smallest absolute Gasteiger partial charge is 0.261 e. The molecule has 0 fully saturated rings. The summed E-state index contributed by atoms with van der Waals surface area (Å²) in [5, 5.41) is 0. The third kappa shape index (κ3) is 12.1. The number of benzene rings is 1. The van der Waals surface area contributed by atoms with E-state index in [-0.39, 0.29) is 19.5 Å². The zero-order valence-electron chi connectivity index (χ0n) is 7.77. The first-order valence-corrected chi connectivity index (χ1v) is 5.94. The molecule has 0 amide bonds. The number of hydrogen-bond donors (Lipinski definition) is 1. The van der Waals surface area contributed by atoms with Gasteiger partial charge >= 0.3 is 0 Å². The topological polar surface area (TPSA) is 54.4 Å². The van der Waals surface area contributed by atoms with Crippen molar-refractivity contribution in [2.24, 2.45) is 0 Å². The van der Waals surface area contributed by atoms with Gasteiger partial charge in [-0.3, -0.25) is 4.55 Å². The Morgan fingerprint density at radius 3 is 1.93 bits per heavy atom. The van der Waals surface area contributed by atoms with Crippen LogP contribution in [0, 0.1) is 6.92 Å². The zero-order valence-corrected chi connectivity index (χ0v) is 13.1. The number of rotatable bonds is 0. The van der Waals surface area contributed by atoms with Crippen LogP contribution in [0.2, 0.25) is 0 Å². The van der Waals surface area contributed by atoms with Crippen molar-refractivity contribution >= 4 is 26.0 Å². The molecule has 1 N–H and O–H groups in total. The first-order chi connectivity index (χ1) is 5.80. The summed E-state index contributed by atoms with van der Waals surface area (Å²) in [6, 6.07) is 7.87. The van der Waals surface area contributed by atoms with E-state index in [0.717, 1.165) is 10.0 Å². The van der Waals surface area contributed by atoms with Crippen molar-refractivity contribution in [3.63, 3.8) is 0 Å². The van der Waals surface area contributed by atoms with Gasteiger partial charge in [-0.2, -0.15) is 27.0 Å². The summed E-state index contributed by atoms with van der Waals surface area (Å²) >= 11 is 3.33. The maximum absolute atomic E-state index is 9.19. The molecule has 1 aromatic rings. The molecule has 0 saturated carbocycles. The largest absolute Gasteiger partial charge is 0.286 e. The molecule has 0 bridgehead atoms. The van der Waals surface area contributed by atoms with E-state index in [4.69, 9.17) is 4.55 Å². The van der Waals surface area contributed by atoms with Gasteiger partial charge < -0.3 is 0 Å². The molecule has 0 aliphatic carbocycles. The molecule has 0 radical (unpaired) electrons. The quantitative estimate of drug-likeness (QED) is 0.450. The van der Waals surface area contributed by atoms with E-state index in [9.17, 15) is 8.42 Å². The van der Waals surface area contributed by atoms with Crippen molar-refractivity contribution in [1.29, 1.82) is 0 Å². The van der Waals surface area contributed by atoms with E-state index in [0.29, 0.717) is 6.26 Å². The molecule has 0 unspecified atom stereocenters. The Morgan fingerprint density at radius 1 is 1.36 bits per heavy atom. The SMILES string of the molecule is CS(=O)(=O)O.[CH2-]c1ccccc1Br.[Zn]. The summed E-state index contributed by atoms with van der Waals surface area (Å²) in [6.07, 6.45) is 0.715. The molecular formula is C8H10BrO3SZn-. The van der Waals surface area contributed by atoms with Gasteiger partial charge in [0.15, 0.2) is 0 Å². The first kappa shape index (κ1) is 16.5. The average molecular weight is 332 g/mol. The molecule has 0 spiro atoms. The van der Waals surface area contributed by atoms with Gasteiger partial charge in [0.05, 0.1) is 6.26 Å². The van der Waals surface area contributed by atoms with E-state index in [1.165, 1.54) is 0 Å². The molecule has 0 heterocycles. The van der Waals surface area contributed by atoms with Crippen LogP contribution in [0.15, 0.2) is 28.7 Å². The summed E-state index contributed by atoms with van der Waals surface area (Å²) in [7, 11) is -3.67. The maximum atomic E-state index is 9.19. The summed E-state index contributed by atoms with van der Waals surface area (Å²) in [5.41, 5.74) is 1.03. The molecule has 0 saturated heterocycles. The Hall–Kier alpha value is 0.103. The molecule has 76 valence electrons. The van der Waals surface area contributed by atoms with Gasteiger partial charge in [0, 0.05) is 19.5 Å². The van der Waals surface area contributed by atoms with Gasteiger partial charge in [0.2, 0.25) is 0 Å². The van der Waals surface area contributed by atoms with Crippen LogP contribution >= 0.6 is 15.9 Å². The maximum Gasteiger partial charge on any atom is 0.261 e. The minimum absolute atomic E-state index is 0. The second-order valence-corrected chi connectivity index (χ2v) is 4.64. The van der Waals surface area contributed by atoms with Gasteiger partial charge in [0.1, 0.15) is 0 Å². The van der Waals surface area contributed by atoms with Gasteiger partial charge in [-0.15, -0.1) is 28.1 Å². The summed E-state index contributed by atoms with van der Waals surface area (Å²) in [4.78, 5) is 0. The van der Waals surface area contributed by atoms with E-state index >= 15 is 0 Å². The Kier molecular flexibility index (Phi) is 8.74. The number of halogens is 1. The molecule has 1 aromatic carbocycles. The van der Waals surface area contributed by atoms with Crippen LogP contribution in [-0.2, 0) is 29.6 Å². The van der Waals surface area contributed by atoms with Gasteiger partial charge in [0.25, 0.3) is 10.1 Å². The first-order valence-electron chi connectivity index (χ1n) is 3.29. The van der Waals surface area contributed by atoms with E-state index < -0.39 is 10.1 Å². The van der Waals surface area contributed by atoms with E-state index in [1.807, 2.05) is 24.3 Å². The van der Waals surface area contributed by atoms with Crippen molar-refractivity contribution in [2.45, 2.75) is 0 Å². The van der Waals surface area contributed by atoms with E-state index in [2.05, 4.69) is 22.9 Å². The molecule has 3 nitrogen and oxygen atoms in total. The minimum Gasteiger partial charge on any atom is -0.286 e. The Labute approximate surface area is 106 Å². The third-order valence-electron chi connectivity index (χ3n) is 0.958. The second kappa shape index (κ2) is 7.40. The van der Waals surface area contributed by atoms with Crippen LogP contribution in [-0.4, -0.2) is 19.2 Å². The van der Waals surface area contributed by atoms with Crippen molar-refractivity contribution in [3.8, 4) is 0 Å². The zero-order chi connectivity index (χ0) is 10.5. The van der Waals surface area contributed by atoms with Gasteiger partial charge in [-0.1, -0.05) is 10.5 Å². The molecular weight excluding hydrogens is 321 g/mol. The minimum atomic E-state index is -3.67. The monoisotopic (exact) mass is 329 g/mol. The molecule has 1 rings (SSSR count). The van der Waals surface area contributed by atoms with Crippen molar-refractivity contribution in [3.05, 3.63) is 41.2 Å². The Morgan fingerprint density at radius 2 is 1.71 bits per heavy atom. The summed E-state index contributed by atoms with van der Waals surface area (Å²) in [5.74, 6) is 0. The predicted octanol–water partition coefficient (Wildman–Crippen LogP) is 2.13. The predicted molar refractivity (Wildman–Crippen MR) is 56.1 cm³/mol. The van der Waals surface area contributed by atoms with Gasteiger partial charge in [-0.25, -0.2) is 0 Å². The standard InChI is InChI=1S/C7H6Br.CH4O3S.Zn/c1-6-4-2-3-5-7(6)8;1-5(2,3)4;/h2-5H,1H2;1H3,(H,2,3,4);/q-1;;. The summed E-state index contributed by atoms with van der Waals surface area (Å²) < 4.78 is 26.9. The third-order valence-corrected chi connectivity index (χ3v) is 1.73. The van der Waals surface area contributed by atoms with Crippen molar-refractivity contribution in [2.75, 3.05) is 6.26 Å². The van der Waals surface area contributed by atoms with Gasteiger partial charge in [-0.05, 0) is 0 Å². The summed E-state index contributed by atoms with van der Waals surface area (Å²) in [6.45, 7) is 3.77. The molecule has 0 aromatic heterocycles. The Bertz CT molecular complexity index is 336. The van der Waals surface area contributed by atoms with Crippen molar-refractivity contribution < 1.29 is 32.4 Å². The fraction of sp³-hybridized carbons (Fsp3) is 0.125. The molecule has 0 aliphatic heterocycles. The molecule has 0 atom stereocenters. The van der Waals surface area contributed by atoms with Crippen LogP contribution < -0.4 is 0 Å². The van der Waals surface area contributed by atoms with Crippen LogP contribution in [0.5, 0.6) is 0 Å². The fourth-order valence-electron chi connectivity index (χ4n) is 0.498. The Balaban J connectivity index is 0. The van der Waals surface area contributed by atoms with Crippen LogP contribution in [0.4, 0.5) is 0 Å².